The lowest BCUT2D eigenvalue weighted by Crippen LogP contribution is -2.37. The third-order valence-corrected chi connectivity index (χ3v) is 3.12. The molecule has 1 rings (SSSR count). The van der Waals surface area contributed by atoms with Crippen LogP contribution in [0.5, 0.6) is 0 Å². The van der Waals surface area contributed by atoms with Gasteiger partial charge in [-0.05, 0) is 54.4 Å². The molecule has 0 N–H and O–H groups in total. The summed E-state index contributed by atoms with van der Waals surface area (Å²) in [6.07, 6.45) is -0.00102. The first kappa shape index (κ1) is 16.6. The average Bonchev–Trinajstić information content (AvgIpc) is 2.32. The van der Waals surface area contributed by atoms with Gasteiger partial charge in [0.25, 0.3) is 0 Å². The van der Waals surface area contributed by atoms with Gasteiger partial charge in [-0.2, -0.15) is 0 Å². The minimum atomic E-state index is -0.832. The molecule has 20 heavy (non-hydrogen) atoms. The lowest BCUT2D eigenvalue weighted by Gasteiger charge is -2.28. The van der Waals surface area contributed by atoms with Crippen molar-refractivity contribution in [2.45, 2.75) is 32.4 Å². The van der Waals surface area contributed by atoms with Crippen LogP contribution in [0.3, 0.4) is 0 Å². The zero-order valence-electron chi connectivity index (χ0n) is 11.8. The molecule has 0 heterocycles. The zero-order valence-corrected chi connectivity index (χ0v) is 13.4. The van der Waals surface area contributed by atoms with Crippen LogP contribution in [0.15, 0.2) is 22.7 Å². The van der Waals surface area contributed by atoms with Gasteiger partial charge in [-0.15, -0.1) is 0 Å². The lowest BCUT2D eigenvalue weighted by atomic mass is 10.1. The Morgan fingerprint density at radius 1 is 1.45 bits per heavy atom. The highest BCUT2D eigenvalue weighted by Gasteiger charge is 2.26. The lowest BCUT2D eigenvalue weighted by molar-refractivity contribution is -0.112. The summed E-state index contributed by atoms with van der Waals surface area (Å²) < 4.78 is 18.6. The largest absolute Gasteiger partial charge is 0.444 e. The van der Waals surface area contributed by atoms with Crippen molar-refractivity contribution in [2.24, 2.45) is 0 Å². The van der Waals surface area contributed by atoms with Crippen LogP contribution in [0.4, 0.5) is 9.18 Å². The molecule has 0 saturated carbocycles. The van der Waals surface area contributed by atoms with Crippen LogP contribution in [0.2, 0.25) is 0 Å². The Hall–Kier alpha value is -1.43. The quantitative estimate of drug-likeness (QED) is 0.784. The third kappa shape index (κ3) is 4.30. The van der Waals surface area contributed by atoms with Crippen molar-refractivity contribution < 1.29 is 18.7 Å². The SMILES string of the molecule is CN(C(=O)OC(C)(C)C)C(C=O)c1ccc(F)c(Br)c1. The second-order valence-electron chi connectivity index (χ2n) is 5.35. The molecule has 110 valence electrons. The Bertz CT molecular complexity index is 514. The Morgan fingerprint density at radius 2 is 2.05 bits per heavy atom. The maximum atomic E-state index is 13.2. The van der Waals surface area contributed by atoms with Crippen LogP contribution < -0.4 is 0 Å². The number of hydrogen-bond acceptors (Lipinski definition) is 3. The number of likely N-dealkylation sites (N-methyl/N-ethyl adjacent to an activating group) is 1. The number of hydrogen-bond donors (Lipinski definition) is 0. The van der Waals surface area contributed by atoms with Crippen LogP contribution in [0, 0.1) is 5.82 Å². The van der Waals surface area contributed by atoms with Crippen molar-refractivity contribution in [1.82, 2.24) is 4.90 Å². The van der Waals surface area contributed by atoms with E-state index in [2.05, 4.69) is 15.9 Å². The van der Waals surface area contributed by atoms with Crippen LogP contribution in [-0.2, 0) is 9.53 Å². The zero-order chi connectivity index (χ0) is 15.5. The average molecular weight is 346 g/mol. The number of nitrogens with zero attached hydrogens (tertiary/aromatic N) is 1. The minimum absolute atomic E-state index is 0.236. The van der Waals surface area contributed by atoms with Crippen molar-refractivity contribution in [3.63, 3.8) is 0 Å². The molecule has 0 aliphatic heterocycles. The van der Waals surface area contributed by atoms with Gasteiger partial charge in [0.15, 0.2) is 0 Å². The van der Waals surface area contributed by atoms with E-state index in [-0.39, 0.29) is 4.47 Å². The predicted octanol–water partition coefficient (Wildman–Crippen LogP) is 3.70. The summed E-state index contributed by atoms with van der Waals surface area (Å²) in [5.74, 6) is -0.432. The minimum Gasteiger partial charge on any atom is -0.444 e. The number of amides is 1. The molecule has 1 atom stereocenters. The fraction of sp³-hybridized carbons (Fsp3) is 0.429. The number of benzene rings is 1. The normalized spacial score (nSPS) is 12.7. The van der Waals surface area contributed by atoms with E-state index in [1.54, 1.807) is 20.8 Å². The van der Waals surface area contributed by atoms with E-state index in [9.17, 15) is 14.0 Å². The van der Waals surface area contributed by atoms with E-state index in [1.165, 1.54) is 30.1 Å². The molecule has 0 aliphatic rings. The maximum Gasteiger partial charge on any atom is 0.410 e. The molecule has 0 aliphatic carbocycles. The standard InChI is InChI=1S/C14H17BrFNO3/c1-14(2,3)20-13(19)17(4)12(8-18)9-5-6-11(16)10(15)7-9/h5-8,12H,1-4H3. The molecular formula is C14H17BrFNO3. The number of carbonyl (C=O) groups is 2. The number of rotatable bonds is 3. The van der Waals surface area contributed by atoms with Gasteiger partial charge in [-0.3, -0.25) is 4.90 Å². The topological polar surface area (TPSA) is 46.6 Å². The van der Waals surface area contributed by atoms with Crippen molar-refractivity contribution in [2.75, 3.05) is 7.05 Å². The second-order valence-corrected chi connectivity index (χ2v) is 6.20. The van der Waals surface area contributed by atoms with Crippen LogP contribution in [-0.4, -0.2) is 29.9 Å². The summed E-state index contributed by atoms with van der Waals surface area (Å²) in [5.41, 5.74) is -0.149. The first-order chi connectivity index (χ1) is 9.15. The summed E-state index contributed by atoms with van der Waals surface area (Å²) in [5, 5.41) is 0. The highest BCUT2D eigenvalue weighted by atomic mass is 79.9. The van der Waals surface area contributed by atoms with Gasteiger partial charge in [0, 0.05) is 7.05 Å². The molecule has 0 spiro atoms. The molecule has 1 aromatic carbocycles. The fourth-order valence-corrected chi connectivity index (χ4v) is 1.93. The number of carbonyl (C=O) groups excluding carboxylic acids is 2. The third-order valence-electron chi connectivity index (χ3n) is 2.51. The van der Waals surface area contributed by atoms with Gasteiger partial charge in [0.2, 0.25) is 0 Å². The molecule has 0 fully saturated rings. The Labute approximate surface area is 126 Å². The summed E-state index contributed by atoms with van der Waals surface area (Å²) in [4.78, 5) is 24.4. The van der Waals surface area contributed by atoms with E-state index in [4.69, 9.17) is 4.74 Å². The van der Waals surface area contributed by atoms with Crippen molar-refractivity contribution in [1.29, 1.82) is 0 Å². The number of ether oxygens (including phenoxy) is 1. The maximum absolute atomic E-state index is 13.2. The Kier molecular flexibility index (Phi) is 5.28. The van der Waals surface area contributed by atoms with Gasteiger partial charge in [-0.1, -0.05) is 6.07 Å². The molecule has 0 saturated heterocycles. The highest BCUT2D eigenvalue weighted by Crippen LogP contribution is 2.24. The fourth-order valence-electron chi connectivity index (χ4n) is 1.54. The van der Waals surface area contributed by atoms with Gasteiger partial charge < -0.3 is 9.53 Å². The summed E-state index contributed by atoms with van der Waals surface area (Å²) in [7, 11) is 1.46. The van der Waals surface area contributed by atoms with Gasteiger partial charge in [0.05, 0.1) is 4.47 Å². The summed E-state index contributed by atoms with van der Waals surface area (Å²) in [6, 6.07) is 3.33. The smallest absolute Gasteiger partial charge is 0.410 e. The van der Waals surface area contributed by atoms with E-state index in [0.717, 1.165) is 0 Å². The van der Waals surface area contributed by atoms with Gasteiger partial charge in [0.1, 0.15) is 23.7 Å². The van der Waals surface area contributed by atoms with E-state index >= 15 is 0 Å². The molecule has 1 unspecified atom stereocenters. The van der Waals surface area contributed by atoms with Gasteiger partial charge in [-0.25, -0.2) is 9.18 Å². The van der Waals surface area contributed by atoms with Crippen LogP contribution >= 0.6 is 15.9 Å². The molecule has 1 aromatic rings. The van der Waals surface area contributed by atoms with Crippen molar-refractivity contribution in [3.8, 4) is 0 Å². The molecule has 6 heteroatoms. The molecule has 1 amide bonds. The second kappa shape index (κ2) is 6.35. The van der Waals surface area contributed by atoms with Crippen LogP contribution in [0.1, 0.15) is 32.4 Å². The van der Waals surface area contributed by atoms with Gasteiger partial charge >= 0.3 is 6.09 Å². The Morgan fingerprint density at radius 3 is 2.50 bits per heavy atom. The molecule has 0 bridgehead atoms. The number of aldehydes is 1. The first-order valence-corrected chi connectivity index (χ1v) is 6.81. The highest BCUT2D eigenvalue weighted by molar-refractivity contribution is 9.10. The molecule has 4 nitrogen and oxygen atoms in total. The summed E-state index contributed by atoms with van der Waals surface area (Å²) >= 11 is 3.05. The number of halogens is 2. The molecule has 0 radical (unpaired) electrons. The Balaban J connectivity index is 2.97. The van der Waals surface area contributed by atoms with Crippen molar-refractivity contribution in [3.05, 3.63) is 34.1 Å². The first-order valence-electron chi connectivity index (χ1n) is 6.02. The predicted molar refractivity (Wildman–Crippen MR) is 76.9 cm³/mol. The molecule has 0 aromatic heterocycles. The van der Waals surface area contributed by atoms with E-state index in [1.807, 2.05) is 0 Å². The van der Waals surface area contributed by atoms with E-state index < -0.39 is 23.6 Å². The van der Waals surface area contributed by atoms with Crippen LogP contribution in [0.25, 0.3) is 0 Å². The van der Waals surface area contributed by atoms with Crippen molar-refractivity contribution >= 4 is 28.3 Å². The monoisotopic (exact) mass is 345 g/mol. The van der Waals surface area contributed by atoms with E-state index in [0.29, 0.717) is 11.8 Å². The summed E-state index contributed by atoms with van der Waals surface area (Å²) in [6.45, 7) is 5.22. The molecular weight excluding hydrogens is 329 g/mol.